The Bertz CT molecular complexity index is 1430. The van der Waals surface area contributed by atoms with Gasteiger partial charge in [-0.2, -0.15) is 4.98 Å². The van der Waals surface area contributed by atoms with Crippen LogP contribution in [0.25, 0.3) is 17.3 Å². The number of halogens is 2. The van der Waals surface area contributed by atoms with Crippen molar-refractivity contribution >= 4 is 52.0 Å². The summed E-state index contributed by atoms with van der Waals surface area (Å²) < 4.78 is 1.70. The van der Waals surface area contributed by atoms with Crippen molar-refractivity contribution in [3.8, 4) is 11.5 Å². The Kier molecular flexibility index (Phi) is 6.39. The second kappa shape index (κ2) is 9.41. The van der Waals surface area contributed by atoms with Crippen LogP contribution in [0.4, 0.5) is 11.4 Å². The summed E-state index contributed by atoms with van der Waals surface area (Å²) in [6.45, 7) is 3.61. The van der Waals surface area contributed by atoms with Crippen molar-refractivity contribution in [2.24, 2.45) is 5.73 Å². The molecule has 0 saturated carbocycles. The van der Waals surface area contributed by atoms with Gasteiger partial charge in [-0.3, -0.25) is 15.2 Å². The highest BCUT2D eigenvalue weighted by atomic mass is 35.5. The lowest BCUT2D eigenvalue weighted by Crippen LogP contribution is -2.27. The maximum Gasteiger partial charge on any atom is 0.268 e. The lowest BCUT2D eigenvalue weighted by Gasteiger charge is -2.13. The fourth-order valence-electron chi connectivity index (χ4n) is 3.11. The molecule has 0 saturated heterocycles. The number of nitrogens with one attached hydrogen (secondary N) is 3. The third-order valence-electron chi connectivity index (χ3n) is 4.67. The number of rotatable bonds is 7. The van der Waals surface area contributed by atoms with Gasteiger partial charge in [0.15, 0.2) is 5.82 Å². The van der Waals surface area contributed by atoms with E-state index >= 15 is 0 Å². The summed E-state index contributed by atoms with van der Waals surface area (Å²) in [7, 11) is 0. The molecule has 13 heteroatoms. The fraction of sp³-hybridized carbons (Fsp3) is 0.0952. The number of nitrogens with zero attached hydrogens (tertiary/aromatic N) is 6. The van der Waals surface area contributed by atoms with E-state index in [9.17, 15) is 4.79 Å². The van der Waals surface area contributed by atoms with Crippen LogP contribution in [0, 0.1) is 19.3 Å². The summed E-state index contributed by atoms with van der Waals surface area (Å²) in [5.74, 6) is 1.26. The highest BCUT2D eigenvalue weighted by Crippen LogP contribution is 2.30. The number of para-hydroxylation sites is 1. The van der Waals surface area contributed by atoms with Crippen molar-refractivity contribution in [3.05, 3.63) is 70.1 Å². The van der Waals surface area contributed by atoms with E-state index in [1.807, 2.05) is 6.92 Å². The number of anilines is 2. The Hall–Kier alpha value is -4.09. The fourth-order valence-corrected chi connectivity index (χ4v) is 3.61. The minimum atomic E-state index is -0.920. The number of amides is 1. The molecular formula is C21H18Cl2N10O. The van der Waals surface area contributed by atoms with Gasteiger partial charge in [0.25, 0.3) is 11.7 Å². The molecular weight excluding hydrogens is 479 g/mol. The van der Waals surface area contributed by atoms with Crippen molar-refractivity contribution in [1.82, 2.24) is 29.5 Å². The van der Waals surface area contributed by atoms with Crippen molar-refractivity contribution in [2.45, 2.75) is 13.8 Å². The van der Waals surface area contributed by atoms with E-state index in [4.69, 9.17) is 34.3 Å². The Morgan fingerprint density at radius 2 is 1.85 bits per heavy atom. The maximum absolute atomic E-state index is 11.7. The Labute approximate surface area is 203 Å². The molecule has 0 atom stereocenters. The molecule has 4 aromatic rings. The average molecular weight is 497 g/mol. The third-order valence-corrected chi connectivity index (χ3v) is 5.30. The van der Waals surface area contributed by atoms with Crippen molar-refractivity contribution < 1.29 is 4.79 Å². The van der Waals surface area contributed by atoms with Crippen LogP contribution in [-0.2, 0) is 4.79 Å². The summed E-state index contributed by atoms with van der Waals surface area (Å²) in [4.78, 5) is 24.7. The first-order valence-electron chi connectivity index (χ1n) is 9.84. The molecule has 11 nitrogen and oxygen atoms in total. The predicted molar refractivity (Wildman–Crippen MR) is 130 cm³/mol. The highest BCUT2D eigenvalue weighted by Gasteiger charge is 2.16. The number of primary amides is 1. The van der Waals surface area contributed by atoms with Gasteiger partial charge in [0.2, 0.25) is 0 Å². The van der Waals surface area contributed by atoms with Crippen molar-refractivity contribution in [1.29, 1.82) is 5.41 Å². The average Bonchev–Trinajstić information content (AvgIpc) is 3.22. The van der Waals surface area contributed by atoms with Gasteiger partial charge in [0, 0.05) is 6.20 Å². The zero-order valence-electron chi connectivity index (χ0n) is 18.0. The van der Waals surface area contributed by atoms with Crippen LogP contribution in [0.5, 0.6) is 0 Å². The Balaban J connectivity index is 1.62. The topological polar surface area (TPSA) is 160 Å². The minimum absolute atomic E-state index is 0.0886. The zero-order chi connectivity index (χ0) is 24.4. The molecule has 0 aliphatic rings. The van der Waals surface area contributed by atoms with Crippen LogP contribution in [0.15, 0.2) is 48.4 Å². The molecule has 3 aromatic heterocycles. The van der Waals surface area contributed by atoms with E-state index in [0.717, 1.165) is 0 Å². The molecule has 0 unspecified atom stereocenters. The van der Waals surface area contributed by atoms with Gasteiger partial charge in [0.1, 0.15) is 23.1 Å². The maximum atomic E-state index is 11.7. The van der Waals surface area contributed by atoms with Crippen molar-refractivity contribution in [2.75, 3.05) is 10.6 Å². The number of carbonyl (C=O) groups excluding carboxylic acids is 1. The number of pyridine rings is 1. The zero-order valence-corrected chi connectivity index (χ0v) is 19.5. The standard InChI is InChI=1S/C21H18Cl2N10O/c1-10-28-11(2)33-20(31-32-21(33)29-10)15-7-6-12(8-26-15)30-16(17(24)19(25)34)9-27-18-13(22)4-3-5-14(18)23/h3-9,24,27,30H,1-2H3,(H2,25,34)/b16-9+,24-17?. The number of fused-ring (bicyclic) bond motifs is 1. The van der Waals surface area contributed by atoms with Gasteiger partial charge in [-0.1, -0.05) is 29.3 Å². The number of nitrogens with two attached hydrogens (primary N) is 1. The smallest absolute Gasteiger partial charge is 0.268 e. The predicted octanol–water partition coefficient (Wildman–Crippen LogP) is 3.38. The first-order valence-corrected chi connectivity index (χ1v) is 10.6. The van der Waals surface area contributed by atoms with Gasteiger partial charge >= 0.3 is 0 Å². The summed E-state index contributed by atoms with van der Waals surface area (Å²) in [6.07, 6.45) is 2.90. The molecule has 0 spiro atoms. The van der Waals surface area contributed by atoms with Crippen LogP contribution in [0.1, 0.15) is 11.6 Å². The van der Waals surface area contributed by atoms with E-state index < -0.39 is 11.6 Å². The van der Waals surface area contributed by atoms with Gasteiger partial charge in [0.05, 0.1) is 33.3 Å². The quantitative estimate of drug-likeness (QED) is 0.283. The molecule has 34 heavy (non-hydrogen) atoms. The molecule has 0 fully saturated rings. The SMILES string of the molecule is Cc1nc(C)n2c(-c3ccc(N/C(=C/Nc4c(Cl)cccc4Cl)C(=N)C(N)=O)cn3)nnc2n1. The van der Waals surface area contributed by atoms with Gasteiger partial charge in [-0.25, -0.2) is 9.38 Å². The van der Waals surface area contributed by atoms with Gasteiger partial charge < -0.3 is 16.4 Å². The second-order valence-electron chi connectivity index (χ2n) is 7.07. The summed E-state index contributed by atoms with van der Waals surface area (Å²) in [5.41, 5.74) is 6.39. The van der Waals surface area contributed by atoms with Crippen LogP contribution in [0.2, 0.25) is 10.0 Å². The third kappa shape index (κ3) is 4.65. The highest BCUT2D eigenvalue weighted by molar-refractivity contribution is 6.44. The van der Waals surface area contributed by atoms with Crippen LogP contribution in [0.3, 0.4) is 0 Å². The normalized spacial score (nSPS) is 11.5. The lowest BCUT2D eigenvalue weighted by molar-refractivity contribution is -0.112. The minimum Gasteiger partial charge on any atom is -0.364 e. The molecule has 5 N–H and O–H groups in total. The monoisotopic (exact) mass is 496 g/mol. The molecule has 0 aliphatic carbocycles. The van der Waals surface area contributed by atoms with Gasteiger partial charge in [-0.15, -0.1) is 10.2 Å². The number of aryl methyl sites for hydroxylation is 2. The second-order valence-corrected chi connectivity index (χ2v) is 7.89. The molecule has 172 valence electrons. The summed E-state index contributed by atoms with van der Waals surface area (Å²) in [6, 6.07) is 8.42. The van der Waals surface area contributed by atoms with Crippen molar-refractivity contribution in [3.63, 3.8) is 0 Å². The van der Waals surface area contributed by atoms with Crippen LogP contribution >= 0.6 is 23.2 Å². The van der Waals surface area contributed by atoms with E-state index in [0.29, 0.717) is 50.4 Å². The first kappa shape index (κ1) is 23.1. The number of hydrogen-bond acceptors (Lipinski definition) is 9. The Morgan fingerprint density at radius 3 is 2.50 bits per heavy atom. The molecule has 1 aromatic carbocycles. The summed E-state index contributed by atoms with van der Waals surface area (Å²) >= 11 is 12.3. The van der Waals surface area contributed by atoms with E-state index in [-0.39, 0.29) is 5.70 Å². The molecule has 3 heterocycles. The lowest BCUT2D eigenvalue weighted by atomic mass is 10.2. The summed E-state index contributed by atoms with van der Waals surface area (Å²) in [5, 5.41) is 22.9. The van der Waals surface area contributed by atoms with E-state index in [1.54, 1.807) is 41.7 Å². The largest absolute Gasteiger partial charge is 0.364 e. The van der Waals surface area contributed by atoms with E-state index in [1.165, 1.54) is 12.4 Å². The van der Waals surface area contributed by atoms with Crippen LogP contribution < -0.4 is 16.4 Å². The number of hydrogen-bond donors (Lipinski definition) is 4. The molecule has 4 rings (SSSR count). The molecule has 0 radical (unpaired) electrons. The van der Waals surface area contributed by atoms with Gasteiger partial charge in [-0.05, 0) is 38.1 Å². The molecule has 0 aliphatic heterocycles. The van der Waals surface area contributed by atoms with E-state index in [2.05, 4.69) is 35.8 Å². The number of carbonyl (C=O) groups is 1. The number of benzene rings is 1. The molecule has 1 amide bonds. The van der Waals surface area contributed by atoms with Crippen LogP contribution in [-0.4, -0.2) is 41.2 Å². The number of aromatic nitrogens is 6. The molecule has 0 bridgehead atoms. The first-order chi connectivity index (χ1) is 16.2. The Morgan fingerprint density at radius 1 is 1.12 bits per heavy atom.